The van der Waals surface area contributed by atoms with Crippen LogP contribution in [0.2, 0.25) is 0 Å². The van der Waals surface area contributed by atoms with Gasteiger partial charge in [0.1, 0.15) is 11.5 Å². The van der Waals surface area contributed by atoms with Crippen LogP contribution in [-0.4, -0.2) is 36.7 Å². The minimum absolute atomic E-state index is 0.0430. The molecule has 2 bridgehead atoms. The Labute approximate surface area is 154 Å². The van der Waals surface area contributed by atoms with Gasteiger partial charge in [0.2, 0.25) is 5.91 Å². The molecule has 0 radical (unpaired) electrons. The van der Waals surface area contributed by atoms with Crippen molar-refractivity contribution in [3.63, 3.8) is 0 Å². The summed E-state index contributed by atoms with van der Waals surface area (Å²) in [4.78, 5) is 27.5. The van der Waals surface area contributed by atoms with Crippen molar-refractivity contribution < 1.29 is 19.1 Å². The van der Waals surface area contributed by atoms with E-state index < -0.39 is 17.4 Å². The maximum absolute atomic E-state index is 13.2. The van der Waals surface area contributed by atoms with Crippen LogP contribution >= 0.6 is 0 Å². The zero-order valence-electron chi connectivity index (χ0n) is 15.3. The second-order valence-corrected chi connectivity index (χ2v) is 7.37. The van der Waals surface area contributed by atoms with E-state index in [4.69, 9.17) is 9.47 Å². The quantitative estimate of drug-likeness (QED) is 0.447. The molecule has 1 amide bonds. The molecular weight excluding hydrogens is 330 g/mol. The molecule has 2 fully saturated rings. The Morgan fingerprint density at radius 3 is 2.77 bits per heavy atom. The number of esters is 1. The molecule has 1 aromatic rings. The van der Waals surface area contributed by atoms with E-state index in [-0.39, 0.29) is 18.0 Å². The Morgan fingerprint density at radius 2 is 2.08 bits per heavy atom. The van der Waals surface area contributed by atoms with Gasteiger partial charge in [-0.15, -0.1) is 0 Å². The SMILES string of the molecule is CCCCOC(=O)[C@@H]1[C@H]2C(=O)N(c3ccc(CC)cc3)C[C@]23C=C[C@H]1O3. The van der Waals surface area contributed by atoms with Crippen LogP contribution in [0.5, 0.6) is 0 Å². The summed E-state index contributed by atoms with van der Waals surface area (Å²) >= 11 is 0. The van der Waals surface area contributed by atoms with Crippen molar-refractivity contribution in [3.05, 3.63) is 42.0 Å². The molecule has 26 heavy (non-hydrogen) atoms. The van der Waals surface area contributed by atoms with E-state index in [1.165, 1.54) is 5.56 Å². The molecule has 0 saturated carbocycles. The highest BCUT2D eigenvalue weighted by atomic mass is 16.6. The third-order valence-electron chi connectivity index (χ3n) is 5.77. The van der Waals surface area contributed by atoms with Crippen molar-refractivity contribution in [1.82, 2.24) is 0 Å². The first kappa shape index (κ1) is 17.3. The Kier molecular flexibility index (Phi) is 4.35. The molecule has 5 nitrogen and oxygen atoms in total. The van der Waals surface area contributed by atoms with E-state index in [0.29, 0.717) is 13.2 Å². The number of carbonyl (C=O) groups is 2. The van der Waals surface area contributed by atoms with Crippen molar-refractivity contribution in [2.75, 3.05) is 18.1 Å². The first-order valence-corrected chi connectivity index (χ1v) is 9.54. The Balaban J connectivity index is 1.57. The molecule has 0 unspecified atom stereocenters. The highest BCUT2D eigenvalue weighted by Gasteiger charge is 2.67. The molecule has 1 spiro atoms. The molecule has 0 aliphatic carbocycles. The van der Waals surface area contributed by atoms with Gasteiger partial charge in [-0.1, -0.05) is 44.6 Å². The normalized spacial score (nSPS) is 31.5. The molecule has 1 aromatic carbocycles. The van der Waals surface area contributed by atoms with Crippen LogP contribution in [0.4, 0.5) is 5.69 Å². The van der Waals surface area contributed by atoms with Crippen LogP contribution in [0, 0.1) is 11.8 Å². The fraction of sp³-hybridized carbons (Fsp3) is 0.524. The number of aryl methyl sites for hydroxylation is 1. The monoisotopic (exact) mass is 355 g/mol. The number of benzene rings is 1. The van der Waals surface area contributed by atoms with Gasteiger partial charge in [0.05, 0.1) is 25.2 Å². The van der Waals surface area contributed by atoms with Gasteiger partial charge in [-0.25, -0.2) is 0 Å². The fourth-order valence-electron chi connectivity index (χ4n) is 4.31. The molecule has 5 heteroatoms. The number of hydrogen-bond donors (Lipinski definition) is 0. The molecular formula is C21H25NO4. The molecule has 138 valence electrons. The highest BCUT2D eigenvalue weighted by molar-refractivity contribution is 6.02. The van der Waals surface area contributed by atoms with Crippen molar-refractivity contribution in [2.24, 2.45) is 11.8 Å². The van der Waals surface area contributed by atoms with Crippen LogP contribution in [-0.2, 0) is 25.5 Å². The predicted molar refractivity (Wildman–Crippen MR) is 97.8 cm³/mol. The lowest BCUT2D eigenvalue weighted by Gasteiger charge is -2.22. The average molecular weight is 355 g/mol. The minimum atomic E-state index is -0.695. The summed E-state index contributed by atoms with van der Waals surface area (Å²) in [5, 5.41) is 0. The first-order chi connectivity index (χ1) is 12.6. The highest BCUT2D eigenvalue weighted by Crippen LogP contribution is 2.52. The van der Waals surface area contributed by atoms with Gasteiger partial charge in [-0.3, -0.25) is 9.59 Å². The van der Waals surface area contributed by atoms with Gasteiger partial charge in [0.25, 0.3) is 0 Å². The Bertz CT molecular complexity index is 741. The van der Waals surface area contributed by atoms with E-state index in [0.717, 1.165) is 24.9 Å². The van der Waals surface area contributed by atoms with Crippen molar-refractivity contribution in [2.45, 2.75) is 44.8 Å². The summed E-state index contributed by atoms with van der Waals surface area (Å²) in [5.41, 5.74) is 1.39. The average Bonchev–Trinajstić information content (AvgIpc) is 3.30. The van der Waals surface area contributed by atoms with Gasteiger partial charge in [-0.2, -0.15) is 0 Å². The maximum atomic E-state index is 13.2. The second-order valence-electron chi connectivity index (χ2n) is 7.37. The summed E-state index contributed by atoms with van der Waals surface area (Å²) in [6.45, 7) is 5.01. The van der Waals surface area contributed by atoms with Gasteiger partial charge < -0.3 is 14.4 Å². The maximum Gasteiger partial charge on any atom is 0.312 e. The smallest absolute Gasteiger partial charge is 0.312 e. The van der Waals surface area contributed by atoms with E-state index in [2.05, 4.69) is 6.92 Å². The van der Waals surface area contributed by atoms with Crippen molar-refractivity contribution in [1.29, 1.82) is 0 Å². The number of fused-ring (bicyclic) bond motifs is 1. The van der Waals surface area contributed by atoms with E-state index in [9.17, 15) is 9.59 Å². The lowest BCUT2D eigenvalue weighted by Crippen LogP contribution is -2.40. The second kappa shape index (κ2) is 6.54. The zero-order chi connectivity index (χ0) is 18.3. The molecule has 4 rings (SSSR count). The molecule has 3 aliphatic heterocycles. The molecule has 4 atom stereocenters. The molecule has 3 aliphatic rings. The van der Waals surface area contributed by atoms with Crippen LogP contribution < -0.4 is 4.90 Å². The molecule has 2 saturated heterocycles. The van der Waals surface area contributed by atoms with Crippen LogP contribution in [0.15, 0.2) is 36.4 Å². The number of rotatable bonds is 6. The summed E-state index contributed by atoms with van der Waals surface area (Å²) in [6.07, 6.45) is 6.29. The fourth-order valence-corrected chi connectivity index (χ4v) is 4.31. The summed E-state index contributed by atoms with van der Waals surface area (Å²) < 4.78 is 11.5. The van der Waals surface area contributed by atoms with Gasteiger partial charge >= 0.3 is 5.97 Å². The summed E-state index contributed by atoms with van der Waals surface area (Å²) in [5.74, 6) is -1.38. The number of carbonyl (C=O) groups excluding carboxylic acids is 2. The molecule has 0 N–H and O–H groups in total. The van der Waals surface area contributed by atoms with Crippen LogP contribution in [0.25, 0.3) is 0 Å². The predicted octanol–water partition coefficient (Wildman–Crippen LogP) is 2.88. The number of ether oxygens (including phenoxy) is 2. The van der Waals surface area contributed by atoms with Gasteiger partial charge in [-0.05, 0) is 30.5 Å². The van der Waals surface area contributed by atoms with Crippen molar-refractivity contribution in [3.8, 4) is 0 Å². The largest absolute Gasteiger partial charge is 0.465 e. The minimum Gasteiger partial charge on any atom is -0.465 e. The standard InChI is InChI=1S/C21H25NO4/c1-3-5-12-25-20(24)17-16-10-11-21(26-16)13-22(19(23)18(17)21)15-8-6-14(4-2)7-9-15/h6-11,16-18H,3-5,12-13H2,1-2H3/t16-,17+,18+,21-/m1/s1. The van der Waals surface area contributed by atoms with Gasteiger partial charge in [0.15, 0.2) is 0 Å². The van der Waals surface area contributed by atoms with E-state index in [1.54, 1.807) is 4.90 Å². The van der Waals surface area contributed by atoms with Crippen LogP contribution in [0.1, 0.15) is 32.3 Å². The Hall–Kier alpha value is -2.14. The topological polar surface area (TPSA) is 55.8 Å². The lowest BCUT2D eigenvalue weighted by molar-refractivity contribution is -0.152. The lowest BCUT2D eigenvalue weighted by atomic mass is 9.77. The zero-order valence-corrected chi connectivity index (χ0v) is 15.3. The molecule has 0 aromatic heterocycles. The number of nitrogens with zero attached hydrogens (tertiary/aromatic N) is 1. The summed E-state index contributed by atoms with van der Waals surface area (Å²) in [7, 11) is 0. The number of anilines is 1. The van der Waals surface area contributed by atoms with E-state index >= 15 is 0 Å². The summed E-state index contributed by atoms with van der Waals surface area (Å²) in [6, 6.07) is 8.02. The molecule has 3 heterocycles. The third kappa shape index (κ3) is 2.57. The number of amides is 1. The van der Waals surface area contributed by atoms with E-state index in [1.807, 2.05) is 43.3 Å². The first-order valence-electron chi connectivity index (χ1n) is 9.54. The van der Waals surface area contributed by atoms with Gasteiger partial charge in [0, 0.05) is 5.69 Å². The number of unbranched alkanes of at least 4 members (excludes halogenated alkanes) is 1. The number of hydrogen-bond acceptors (Lipinski definition) is 4. The van der Waals surface area contributed by atoms with Crippen molar-refractivity contribution >= 4 is 17.6 Å². The Morgan fingerprint density at radius 1 is 1.31 bits per heavy atom. The third-order valence-corrected chi connectivity index (χ3v) is 5.77. The van der Waals surface area contributed by atoms with Crippen LogP contribution in [0.3, 0.4) is 0 Å².